The fourth-order valence-electron chi connectivity index (χ4n) is 3.28. The number of aromatic carboxylic acids is 1. The number of hydrogen-bond acceptors (Lipinski definition) is 3. The molecule has 28 heavy (non-hydrogen) atoms. The maximum atomic E-state index is 11.5. The second-order valence-electron chi connectivity index (χ2n) is 7.49. The largest absolute Gasteiger partial charge is 0.478 e. The Balaban J connectivity index is 1.84. The molecule has 2 aromatic carbocycles. The quantitative estimate of drug-likeness (QED) is 0.610. The number of nitrogens with zero attached hydrogens (tertiary/aromatic N) is 3. The molecule has 0 aliphatic carbocycles. The van der Waals surface area contributed by atoms with Crippen LogP contribution in [0.4, 0.5) is 0 Å². The van der Waals surface area contributed by atoms with E-state index in [1.165, 1.54) is 0 Å². The van der Waals surface area contributed by atoms with E-state index in [1.54, 1.807) is 12.1 Å². The Kier molecular flexibility index (Phi) is 6.24. The monoisotopic (exact) mass is 377 g/mol. The number of hydrogen-bond donors (Lipinski definition) is 1. The van der Waals surface area contributed by atoms with Gasteiger partial charge in [0.1, 0.15) is 5.82 Å². The first kappa shape index (κ1) is 19.8. The van der Waals surface area contributed by atoms with Crippen molar-refractivity contribution in [2.75, 3.05) is 0 Å². The Morgan fingerprint density at radius 3 is 2.46 bits per heavy atom. The van der Waals surface area contributed by atoms with E-state index in [2.05, 4.69) is 25.9 Å². The third kappa shape index (κ3) is 4.66. The number of carboxylic acid groups (broad SMARTS) is 1. The average molecular weight is 377 g/mol. The van der Waals surface area contributed by atoms with Crippen molar-refractivity contribution >= 4 is 5.97 Å². The lowest BCUT2D eigenvalue weighted by Crippen LogP contribution is -2.11. The molecule has 1 N–H and O–H groups in total. The first-order chi connectivity index (χ1) is 13.5. The van der Waals surface area contributed by atoms with Gasteiger partial charge in [0, 0.05) is 19.4 Å². The van der Waals surface area contributed by atoms with Gasteiger partial charge in [-0.15, -0.1) is 0 Å². The van der Waals surface area contributed by atoms with Crippen LogP contribution in [0.25, 0.3) is 11.1 Å². The highest BCUT2D eigenvalue weighted by molar-refractivity contribution is 5.95. The minimum atomic E-state index is -0.912. The Hall–Kier alpha value is -2.95. The topological polar surface area (TPSA) is 68.0 Å². The van der Waals surface area contributed by atoms with E-state index in [1.807, 2.05) is 41.1 Å². The van der Waals surface area contributed by atoms with Gasteiger partial charge in [-0.2, -0.15) is 5.10 Å². The molecule has 0 amide bonds. The summed E-state index contributed by atoms with van der Waals surface area (Å²) in [5.74, 6) is 1.48. The summed E-state index contributed by atoms with van der Waals surface area (Å²) in [6.45, 7) is 7.35. The molecule has 0 radical (unpaired) electrons. The van der Waals surface area contributed by atoms with Gasteiger partial charge < -0.3 is 5.11 Å². The molecule has 0 spiro atoms. The second kappa shape index (κ2) is 8.83. The van der Waals surface area contributed by atoms with Gasteiger partial charge in [-0.05, 0) is 35.1 Å². The number of aromatic nitrogens is 3. The van der Waals surface area contributed by atoms with Crippen molar-refractivity contribution in [3.8, 4) is 11.1 Å². The van der Waals surface area contributed by atoms with Gasteiger partial charge in [0.05, 0.1) is 5.56 Å². The molecule has 3 aromatic rings. The summed E-state index contributed by atoms with van der Waals surface area (Å²) in [6, 6.07) is 15.1. The zero-order valence-corrected chi connectivity index (χ0v) is 16.7. The van der Waals surface area contributed by atoms with Gasteiger partial charge in [0.15, 0.2) is 5.82 Å². The van der Waals surface area contributed by atoms with Crippen molar-refractivity contribution in [3.05, 3.63) is 71.3 Å². The van der Waals surface area contributed by atoms with Crippen molar-refractivity contribution in [1.82, 2.24) is 14.8 Å². The highest BCUT2D eigenvalue weighted by Gasteiger charge is 2.13. The zero-order chi connectivity index (χ0) is 20.1. The van der Waals surface area contributed by atoms with Crippen molar-refractivity contribution in [3.63, 3.8) is 0 Å². The van der Waals surface area contributed by atoms with Crippen LogP contribution in [0.5, 0.6) is 0 Å². The van der Waals surface area contributed by atoms with Gasteiger partial charge in [-0.1, -0.05) is 63.2 Å². The van der Waals surface area contributed by atoms with Gasteiger partial charge in [-0.3, -0.25) is 0 Å². The van der Waals surface area contributed by atoms with E-state index in [-0.39, 0.29) is 0 Å². The molecule has 0 unspecified atom stereocenters. The molecular formula is C23H27N3O2. The van der Waals surface area contributed by atoms with Crippen LogP contribution in [-0.2, 0) is 19.4 Å². The average Bonchev–Trinajstić information content (AvgIpc) is 3.03. The highest BCUT2D eigenvalue weighted by atomic mass is 16.4. The minimum absolute atomic E-state index is 0.316. The fourth-order valence-corrected chi connectivity index (χ4v) is 3.28. The Bertz CT molecular complexity index is 943. The van der Waals surface area contributed by atoms with Crippen molar-refractivity contribution < 1.29 is 9.90 Å². The van der Waals surface area contributed by atoms with Crippen molar-refractivity contribution in [2.45, 2.75) is 46.6 Å². The van der Waals surface area contributed by atoms with E-state index in [0.717, 1.165) is 47.7 Å². The van der Waals surface area contributed by atoms with E-state index in [4.69, 9.17) is 4.98 Å². The molecule has 0 saturated carbocycles. The Morgan fingerprint density at radius 2 is 1.82 bits per heavy atom. The smallest absolute Gasteiger partial charge is 0.336 e. The molecule has 0 saturated heterocycles. The summed E-state index contributed by atoms with van der Waals surface area (Å²) in [5, 5.41) is 14.1. The molecule has 0 bridgehead atoms. The summed E-state index contributed by atoms with van der Waals surface area (Å²) in [7, 11) is 0. The molecular weight excluding hydrogens is 350 g/mol. The molecule has 3 rings (SSSR count). The number of aryl methyl sites for hydroxylation is 1. The standard InChI is InChI=1S/C23H27N3O2/c1-4-7-21-24-22(26(25-21)15-16(2)3)14-17-10-12-18(13-11-17)19-8-5-6-9-20(19)23(27)28/h5-6,8-13,16H,4,7,14-15H2,1-3H3,(H,27,28). The van der Waals surface area contributed by atoms with Gasteiger partial charge in [0.25, 0.3) is 0 Å². The predicted molar refractivity (Wildman–Crippen MR) is 110 cm³/mol. The number of benzene rings is 2. The van der Waals surface area contributed by atoms with E-state index >= 15 is 0 Å². The lowest BCUT2D eigenvalue weighted by molar-refractivity contribution is 0.0697. The summed E-state index contributed by atoms with van der Waals surface area (Å²) in [6.07, 6.45) is 2.64. The molecule has 0 atom stereocenters. The van der Waals surface area contributed by atoms with Crippen LogP contribution in [0.1, 0.15) is 54.8 Å². The van der Waals surface area contributed by atoms with Crippen molar-refractivity contribution in [1.29, 1.82) is 0 Å². The third-order valence-corrected chi connectivity index (χ3v) is 4.59. The van der Waals surface area contributed by atoms with Crippen LogP contribution < -0.4 is 0 Å². The predicted octanol–water partition coefficient (Wildman–Crippen LogP) is 4.84. The van der Waals surface area contributed by atoms with Crippen LogP contribution in [0.2, 0.25) is 0 Å². The summed E-state index contributed by atoms with van der Waals surface area (Å²) >= 11 is 0. The summed E-state index contributed by atoms with van der Waals surface area (Å²) < 4.78 is 2.03. The maximum absolute atomic E-state index is 11.5. The van der Waals surface area contributed by atoms with Gasteiger partial charge >= 0.3 is 5.97 Å². The van der Waals surface area contributed by atoms with E-state index in [0.29, 0.717) is 17.9 Å². The van der Waals surface area contributed by atoms with E-state index in [9.17, 15) is 9.90 Å². The van der Waals surface area contributed by atoms with Crippen LogP contribution in [0, 0.1) is 5.92 Å². The molecule has 5 nitrogen and oxygen atoms in total. The van der Waals surface area contributed by atoms with E-state index < -0.39 is 5.97 Å². The SMILES string of the molecule is CCCc1nc(Cc2ccc(-c3ccccc3C(=O)O)cc2)n(CC(C)C)n1. The first-order valence-electron chi connectivity index (χ1n) is 9.82. The maximum Gasteiger partial charge on any atom is 0.336 e. The molecule has 0 aliphatic heterocycles. The van der Waals surface area contributed by atoms with Crippen molar-refractivity contribution in [2.24, 2.45) is 5.92 Å². The van der Waals surface area contributed by atoms with Gasteiger partial charge in [0.2, 0.25) is 0 Å². The lowest BCUT2D eigenvalue weighted by atomic mass is 9.98. The number of carboxylic acids is 1. The molecule has 0 fully saturated rings. The number of rotatable bonds is 8. The van der Waals surface area contributed by atoms with Crippen LogP contribution in [-0.4, -0.2) is 25.8 Å². The molecule has 0 aliphatic rings. The van der Waals surface area contributed by atoms with Crippen LogP contribution in [0.15, 0.2) is 48.5 Å². The lowest BCUT2D eigenvalue weighted by Gasteiger charge is -2.10. The van der Waals surface area contributed by atoms with Crippen LogP contribution >= 0.6 is 0 Å². The Morgan fingerprint density at radius 1 is 1.11 bits per heavy atom. The third-order valence-electron chi connectivity index (χ3n) is 4.59. The molecule has 1 heterocycles. The zero-order valence-electron chi connectivity index (χ0n) is 16.7. The van der Waals surface area contributed by atoms with Crippen LogP contribution in [0.3, 0.4) is 0 Å². The fraction of sp³-hybridized carbons (Fsp3) is 0.348. The van der Waals surface area contributed by atoms with Gasteiger partial charge in [-0.25, -0.2) is 14.5 Å². The highest BCUT2D eigenvalue weighted by Crippen LogP contribution is 2.24. The molecule has 5 heteroatoms. The summed E-state index contributed by atoms with van der Waals surface area (Å²) in [4.78, 5) is 16.2. The molecule has 1 aromatic heterocycles. The number of carbonyl (C=O) groups is 1. The first-order valence-corrected chi connectivity index (χ1v) is 9.82. The Labute approximate surface area is 166 Å². The second-order valence-corrected chi connectivity index (χ2v) is 7.49. The normalized spacial score (nSPS) is 11.1. The minimum Gasteiger partial charge on any atom is -0.478 e. The summed E-state index contributed by atoms with van der Waals surface area (Å²) in [5.41, 5.74) is 3.08. The molecule has 146 valence electrons.